The maximum Gasteiger partial charge on any atom is 0.160 e. The summed E-state index contributed by atoms with van der Waals surface area (Å²) in [6.45, 7) is 9.80. The minimum Gasteiger partial charge on any atom is -0.384 e. The average Bonchev–Trinajstić information content (AvgIpc) is 2.77. The number of hydrogen-bond donors (Lipinski definition) is 1. The maximum atomic E-state index is 6.36. The van der Waals surface area contributed by atoms with Crippen LogP contribution < -0.4 is 10.6 Å². The molecule has 4 heteroatoms. The van der Waals surface area contributed by atoms with E-state index in [4.69, 9.17) is 10.8 Å². The Labute approximate surface area is 139 Å². The van der Waals surface area contributed by atoms with Gasteiger partial charge in [-0.05, 0) is 50.7 Å². The molecule has 0 saturated carbocycles. The van der Waals surface area contributed by atoms with Crippen LogP contribution in [0.15, 0.2) is 12.1 Å². The molecule has 3 rings (SSSR count). The van der Waals surface area contributed by atoms with Gasteiger partial charge in [-0.3, -0.25) is 4.68 Å². The van der Waals surface area contributed by atoms with Crippen molar-refractivity contribution in [3.8, 4) is 0 Å². The van der Waals surface area contributed by atoms with Crippen LogP contribution in [0.3, 0.4) is 0 Å². The second-order valence-electron chi connectivity index (χ2n) is 6.92. The van der Waals surface area contributed by atoms with E-state index in [-0.39, 0.29) is 0 Å². The van der Waals surface area contributed by atoms with E-state index in [1.165, 1.54) is 40.8 Å². The van der Waals surface area contributed by atoms with Crippen LogP contribution in [0.1, 0.15) is 54.4 Å². The summed E-state index contributed by atoms with van der Waals surface area (Å²) in [5, 5.41) is 4.76. The highest BCUT2D eigenvalue weighted by Crippen LogP contribution is 2.45. The van der Waals surface area contributed by atoms with Crippen LogP contribution in [0.5, 0.6) is 0 Å². The molecule has 1 aliphatic heterocycles. The van der Waals surface area contributed by atoms with Crippen LogP contribution in [0.25, 0.3) is 0 Å². The molecule has 1 aliphatic rings. The minimum absolute atomic E-state index is 0.533. The van der Waals surface area contributed by atoms with Gasteiger partial charge in [0.25, 0.3) is 0 Å². The SMILES string of the molecule is CCCC1CCN(c2c(C)cc(C)cc2C)c2nn(C)c(N)c21. The third-order valence-electron chi connectivity index (χ3n) is 5.02. The Morgan fingerprint density at radius 1 is 1.22 bits per heavy atom. The lowest BCUT2D eigenvalue weighted by Crippen LogP contribution is -2.28. The van der Waals surface area contributed by atoms with E-state index in [0.717, 1.165) is 24.6 Å². The van der Waals surface area contributed by atoms with E-state index in [2.05, 4.69) is 44.7 Å². The summed E-state index contributed by atoms with van der Waals surface area (Å²) in [5.41, 5.74) is 12.8. The maximum absolute atomic E-state index is 6.36. The van der Waals surface area contributed by atoms with E-state index < -0.39 is 0 Å². The van der Waals surface area contributed by atoms with Crippen LogP contribution in [0.4, 0.5) is 17.3 Å². The number of nitrogen functional groups attached to an aromatic ring is 1. The van der Waals surface area contributed by atoms with Gasteiger partial charge in [0.05, 0.1) is 0 Å². The van der Waals surface area contributed by atoms with Crippen LogP contribution in [0.2, 0.25) is 0 Å². The monoisotopic (exact) mass is 312 g/mol. The van der Waals surface area contributed by atoms with E-state index >= 15 is 0 Å². The predicted octanol–water partition coefficient (Wildman–Crippen LogP) is 4.35. The van der Waals surface area contributed by atoms with E-state index in [0.29, 0.717) is 5.92 Å². The van der Waals surface area contributed by atoms with Crippen LogP contribution in [0, 0.1) is 20.8 Å². The highest BCUT2D eigenvalue weighted by Gasteiger charge is 2.32. The number of aryl methyl sites for hydroxylation is 4. The molecule has 23 heavy (non-hydrogen) atoms. The fraction of sp³-hybridized carbons (Fsp3) is 0.526. The van der Waals surface area contributed by atoms with E-state index in [9.17, 15) is 0 Å². The third kappa shape index (κ3) is 2.60. The standard InChI is InChI=1S/C19H28N4/c1-6-7-15-8-9-23(19-16(15)18(20)22(5)21-19)17-13(3)10-12(2)11-14(17)4/h10-11,15H,6-9,20H2,1-5H3. The summed E-state index contributed by atoms with van der Waals surface area (Å²) in [4.78, 5) is 2.38. The molecule has 0 radical (unpaired) electrons. The molecular formula is C19H28N4. The molecule has 1 aromatic carbocycles. The lowest BCUT2D eigenvalue weighted by atomic mass is 9.88. The minimum atomic E-state index is 0.533. The molecule has 0 spiro atoms. The highest BCUT2D eigenvalue weighted by atomic mass is 15.4. The van der Waals surface area contributed by atoms with Gasteiger partial charge in [-0.2, -0.15) is 5.10 Å². The summed E-state index contributed by atoms with van der Waals surface area (Å²) in [5.74, 6) is 2.42. The lowest BCUT2D eigenvalue weighted by Gasteiger charge is -2.34. The number of fused-ring (bicyclic) bond motifs is 1. The first-order valence-electron chi connectivity index (χ1n) is 8.61. The largest absolute Gasteiger partial charge is 0.384 e. The van der Waals surface area contributed by atoms with Crippen molar-refractivity contribution in [3.63, 3.8) is 0 Å². The second-order valence-corrected chi connectivity index (χ2v) is 6.92. The molecule has 2 aromatic rings. The lowest BCUT2D eigenvalue weighted by molar-refractivity contribution is 0.553. The number of anilines is 3. The topological polar surface area (TPSA) is 47.1 Å². The van der Waals surface area contributed by atoms with Crippen molar-refractivity contribution < 1.29 is 0 Å². The molecule has 1 aromatic heterocycles. The molecule has 2 N–H and O–H groups in total. The van der Waals surface area contributed by atoms with Gasteiger partial charge in [0, 0.05) is 24.8 Å². The Bertz CT molecular complexity index is 706. The van der Waals surface area contributed by atoms with E-state index in [1.54, 1.807) is 0 Å². The molecule has 1 atom stereocenters. The molecule has 0 saturated heterocycles. The number of hydrogen-bond acceptors (Lipinski definition) is 3. The third-order valence-corrected chi connectivity index (χ3v) is 5.02. The molecule has 0 fully saturated rings. The fourth-order valence-corrected chi connectivity index (χ4v) is 4.12. The number of benzene rings is 1. The number of nitrogens with two attached hydrogens (primary N) is 1. The molecule has 0 amide bonds. The summed E-state index contributed by atoms with van der Waals surface area (Å²) >= 11 is 0. The molecule has 0 bridgehead atoms. The van der Waals surface area contributed by atoms with Crippen LogP contribution >= 0.6 is 0 Å². The van der Waals surface area contributed by atoms with Crippen molar-refractivity contribution in [2.24, 2.45) is 7.05 Å². The van der Waals surface area contributed by atoms with Gasteiger partial charge < -0.3 is 10.6 Å². The van der Waals surface area contributed by atoms with Crippen molar-refractivity contribution in [2.75, 3.05) is 17.2 Å². The average molecular weight is 312 g/mol. The Kier molecular flexibility index (Phi) is 4.09. The van der Waals surface area contributed by atoms with Gasteiger partial charge in [0.2, 0.25) is 0 Å². The summed E-state index contributed by atoms with van der Waals surface area (Å²) in [6.07, 6.45) is 3.51. The normalized spacial score (nSPS) is 17.4. The van der Waals surface area contributed by atoms with Crippen molar-refractivity contribution in [1.82, 2.24) is 9.78 Å². The zero-order valence-corrected chi connectivity index (χ0v) is 15.0. The van der Waals surface area contributed by atoms with Crippen molar-refractivity contribution in [2.45, 2.75) is 52.9 Å². The zero-order valence-electron chi connectivity index (χ0n) is 15.0. The Balaban J connectivity index is 2.13. The van der Waals surface area contributed by atoms with E-state index in [1.807, 2.05) is 11.7 Å². The quantitative estimate of drug-likeness (QED) is 0.916. The smallest absolute Gasteiger partial charge is 0.160 e. The van der Waals surface area contributed by atoms with Gasteiger partial charge in [-0.1, -0.05) is 31.0 Å². The molecule has 0 aliphatic carbocycles. The van der Waals surface area contributed by atoms with Crippen LogP contribution in [-0.4, -0.2) is 16.3 Å². The number of nitrogens with zero attached hydrogens (tertiary/aromatic N) is 3. The first-order chi connectivity index (χ1) is 10.9. The molecule has 4 nitrogen and oxygen atoms in total. The Hall–Kier alpha value is -1.97. The van der Waals surface area contributed by atoms with Gasteiger partial charge in [-0.15, -0.1) is 0 Å². The molecule has 124 valence electrons. The molecule has 2 heterocycles. The second kappa shape index (κ2) is 5.91. The van der Waals surface area contributed by atoms with Gasteiger partial charge in [-0.25, -0.2) is 0 Å². The summed E-state index contributed by atoms with van der Waals surface area (Å²) < 4.78 is 1.84. The molecular weight excluding hydrogens is 284 g/mol. The fourth-order valence-electron chi connectivity index (χ4n) is 4.12. The van der Waals surface area contributed by atoms with Gasteiger partial charge in [0.15, 0.2) is 5.82 Å². The van der Waals surface area contributed by atoms with Crippen molar-refractivity contribution >= 4 is 17.3 Å². The van der Waals surface area contributed by atoms with Crippen molar-refractivity contribution in [3.05, 3.63) is 34.4 Å². The van der Waals surface area contributed by atoms with Gasteiger partial charge in [0.1, 0.15) is 5.82 Å². The van der Waals surface area contributed by atoms with Crippen molar-refractivity contribution in [1.29, 1.82) is 0 Å². The Morgan fingerprint density at radius 3 is 2.48 bits per heavy atom. The van der Waals surface area contributed by atoms with Crippen LogP contribution in [-0.2, 0) is 7.05 Å². The first kappa shape index (κ1) is 15.9. The number of rotatable bonds is 3. The molecule has 1 unspecified atom stereocenters. The summed E-state index contributed by atoms with van der Waals surface area (Å²) in [6, 6.07) is 4.51. The predicted molar refractivity (Wildman–Crippen MR) is 97.5 cm³/mol. The number of aromatic nitrogens is 2. The highest BCUT2D eigenvalue weighted by molar-refractivity contribution is 5.74. The zero-order chi connectivity index (χ0) is 16.7. The summed E-state index contributed by atoms with van der Waals surface area (Å²) in [7, 11) is 1.95. The van der Waals surface area contributed by atoms with Gasteiger partial charge >= 0.3 is 0 Å². The Morgan fingerprint density at radius 2 is 1.87 bits per heavy atom. The first-order valence-corrected chi connectivity index (χ1v) is 8.61.